The number of hydrogen-bond donors (Lipinski definition) is 2. The molecule has 0 saturated heterocycles. The van der Waals surface area contributed by atoms with E-state index in [1.54, 1.807) is 42.5 Å². The highest BCUT2D eigenvalue weighted by molar-refractivity contribution is 5.87. The SMILES string of the molecule is O=C(O)c1ccc(CNCc2ccccc2OCc2ccccc2F)cc1. The van der Waals surface area contributed by atoms with Gasteiger partial charge in [0.1, 0.15) is 18.2 Å². The van der Waals surface area contributed by atoms with E-state index in [9.17, 15) is 9.18 Å². The third-order valence-corrected chi connectivity index (χ3v) is 4.16. The van der Waals surface area contributed by atoms with Crippen molar-refractivity contribution in [1.29, 1.82) is 0 Å². The highest BCUT2D eigenvalue weighted by Gasteiger charge is 2.06. The standard InChI is InChI=1S/C22H20FNO3/c23-20-7-3-1-6-19(20)15-27-21-8-4-2-5-18(21)14-24-13-16-9-11-17(12-10-16)22(25)26/h1-12,24H,13-15H2,(H,25,26). The maximum atomic E-state index is 13.7. The van der Waals surface area contributed by atoms with Gasteiger partial charge in [0.05, 0.1) is 5.56 Å². The molecule has 0 aliphatic carbocycles. The second-order valence-electron chi connectivity index (χ2n) is 6.09. The fourth-order valence-electron chi connectivity index (χ4n) is 2.67. The first-order valence-electron chi connectivity index (χ1n) is 8.60. The molecule has 3 rings (SSSR count). The minimum absolute atomic E-state index is 0.167. The van der Waals surface area contributed by atoms with Gasteiger partial charge in [-0.15, -0.1) is 0 Å². The van der Waals surface area contributed by atoms with E-state index < -0.39 is 5.97 Å². The Hall–Kier alpha value is -3.18. The highest BCUT2D eigenvalue weighted by Crippen LogP contribution is 2.20. The van der Waals surface area contributed by atoms with Crippen molar-refractivity contribution in [2.24, 2.45) is 0 Å². The summed E-state index contributed by atoms with van der Waals surface area (Å²) < 4.78 is 19.5. The lowest BCUT2D eigenvalue weighted by Gasteiger charge is -2.13. The molecule has 0 atom stereocenters. The summed E-state index contributed by atoms with van der Waals surface area (Å²) in [7, 11) is 0. The summed E-state index contributed by atoms with van der Waals surface area (Å²) in [6.45, 7) is 1.34. The summed E-state index contributed by atoms with van der Waals surface area (Å²) in [5, 5.41) is 12.2. The van der Waals surface area contributed by atoms with Gasteiger partial charge in [-0.2, -0.15) is 0 Å². The first kappa shape index (κ1) is 18.6. The lowest BCUT2D eigenvalue weighted by molar-refractivity contribution is 0.0697. The number of ether oxygens (including phenoxy) is 1. The first-order valence-corrected chi connectivity index (χ1v) is 8.60. The van der Waals surface area contributed by atoms with Crippen LogP contribution in [0.4, 0.5) is 4.39 Å². The van der Waals surface area contributed by atoms with E-state index in [2.05, 4.69) is 5.32 Å². The number of rotatable bonds is 8. The summed E-state index contributed by atoms with van der Waals surface area (Å²) in [6, 6.07) is 20.9. The van der Waals surface area contributed by atoms with Crippen molar-refractivity contribution in [1.82, 2.24) is 5.32 Å². The first-order chi connectivity index (χ1) is 13.1. The molecule has 0 aliphatic rings. The number of para-hydroxylation sites is 1. The number of halogens is 1. The van der Waals surface area contributed by atoms with Crippen LogP contribution in [-0.4, -0.2) is 11.1 Å². The summed E-state index contributed by atoms with van der Waals surface area (Å²) in [5.74, 6) is -0.511. The number of carboxylic acid groups (broad SMARTS) is 1. The van der Waals surface area contributed by atoms with E-state index in [0.29, 0.717) is 24.4 Å². The largest absolute Gasteiger partial charge is 0.488 e. The number of nitrogens with one attached hydrogen (secondary N) is 1. The lowest BCUT2D eigenvalue weighted by atomic mass is 10.1. The third-order valence-electron chi connectivity index (χ3n) is 4.16. The van der Waals surface area contributed by atoms with Gasteiger partial charge in [0.15, 0.2) is 0 Å². The molecular formula is C22H20FNO3. The van der Waals surface area contributed by atoms with Crippen LogP contribution in [0.3, 0.4) is 0 Å². The monoisotopic (exact) mass is 365 g/mol. The molecule has 0 heterocycles. The van der Waals surface area contributed by atoms with Gasteiger partial charge < -0.3 is 15.2 Å². The van der Waals surface area contributed by atoms with Gasteiger partial charge in [0.2, 0.25) is 0 Å². The van der Waals surface area contributed by atoms with E-state index in [1.165, 1.54) is 6.07 Å². The van der Waals surface area contributed by atoms with Crippen LogP contribution < -0.4 is 10.1 Å². The molecule has 3 aromatic carbocycles. The van der Waals surface area contributed by atoms with Crippen molar-refractivity contribution in [2.75, 3.05) is 0 Å². The molecule has 138 valence electrons. The minimum atomic E-state index is -0.935. The molecule has 0 amide bonds. The van der Waals surface area contributed by atoms with Crippen LogP contribution in [0.15, 0.2) is 72.8 Å². The number of carbonyl (C=O) groups is 1. The van der Waals surface area contributed by atoms with E-state index >= 15 is 0 Å². The van der Waals surface area contributed by atoms with Gasteiger partial charge in [-0.3, -0.25) is 0 Å². The molecule has 0 fully saturated rings. The molecule has 2 N–H and O–H groups in total. The van der Waals surface area contributed by atoms with Gasteiger partial charge in [-0.25, -0.2) is 9.18 Å². The second-order valence-corrected chi connectivity index (χ2v) is 6.09. The zero-order valence-electron chi connectivity index (χ0n) is 14.7. The molecule has 0 aliphatic heterocycles. The second kappa shape index (κ2) is 8.96. The average Bonchev–Trinajstić information content (AvgIpc) is 2.69. The molecule has 0 spiro atoms. The Morgan fingerprint density at radius 2 is 1.56 bits per heavy atom. The Morgan fingerprint density at radius 3 is 2.26 bits per heavy atom. The van der Waals surface area contributed by atoms with Crippen molar-refractivity contribution in [2.45, 2.75) is 19.7 Å². The Kier molecular flexibility index (Phi) is 6.18. The van der Waals surface area contributed by atoms with Gasteiger partial charge in [-0.1, -0.05) is 48.5 Å². The lowest BCUT2D eigenvalue weighted by Crippen LogP contribution is -2.14. The van der Waals surface area contributed by atoms with Crippen LogP contribution in [-0.2, 0) is 19.7 Å². The van der Waals surface area contributed by atoms with Crippen LogP contribution in [0, 0.1) is 5.82 Å². The molecule has 0 aromatic heterocycles. The van der Waals surface area contributed by atoms with Gasteiger partial charge in [-0.05, 0) is 29.8 Å². The normalized spacial score (nSPS) is 10.6. The Balaban J connectivity index is 1.57. The Bertz CT molecular complexity index is 909. The Labute approximate surface area is 157 Å². The minimum Gasteiger partial charge on any atom is -0.488 e. The van der Waals surface area contributed by atoms with E-state index in [0.717, 1.165) is 11.1 Å². The molecule has 3 aromatic rings. The Morgan fingerprint density at radius 1 is 0.889 bits per heavy atom. The predicted molar refractivity (Wildman–Crippen MR) is 101 cm³/mol. The highest BCUT2D eigenvalue weighted by atomic mass is 19.1. The topological polar surface area (TPSA) is 58.6 Å². The maximum absolute atomic E-state index is 13.7. The van der Waals surface area contributed by atoms with E-state index in [1.807, 2.05) is 24.3 Å². The molecule has 5 heteroatoms. The van der Waals surface area contributed by atoms with Crippen molar-refractivity contribution >= 4 is 5.97 Å². The van der Waals surface area contributed by atoms with Crippen molar-refractivity contribution in [3.63, 3.8) is 0 Å². The molecular weight excluding hydrogens is 345 g/mol. The van der Waals surface area contributed by atoms with Crippen LogP contribution in [0.2, 0.25) is 0 Å². The predicted octanol–water partition coefficient (Wildman–Crippen LogP) is 4.39. The number of benzene rings is 3. The molecule has 27 heavy (non-hydrogen) atoms. The van der Waals surface area contributed by atoms with Crippen LogP contribution in [0.5, 0.6) is 5.75 Å². The number of hydrogen-bond acceptors (Lipinski definition) is 3. The summed E-state index contributed by atoms with van der Waals surface area (Å²) in [4.78, 5) is 10.9. The summed E-state index contributed by atoms with van der Waals surface area (Å²) in [5.41, 5.74) is 2.74. The summed E-state index contributed by atoms with van der Waals surface area (Å²) in [6.07, 6.45) is 0. The van der Waals surface area contributed by atoms with Gasteiger partial charge in [0, 0.05) is 24.2 Å². The molecule has 0 bridgehead atoms. The van der Waals surface area contributed by atoms with Crippen molar-refractivity contribution < 1.29 is 19.0 Å². The van der Waals surface area contributed by atoms with Crippen molar-refractivity contribution in [3.8, 4) is 5.75 Å². The molecule has 0 saturated carbocycles. The number of carboxylic acids is 1. The number of aromatic carboxylic acids is 1. The smallest absolute Gasteiger partial charge is 0.335 e. The third kappa shape index (κ3) is 5.15. The average molecular weight is 365 g/mol. The molecule has 0 unspecified atom stereocenters. The van der Waals surface area contributed by atoms with Crippen molar-refractivity contribution in [3.05, 3.63) is 101 Å². The molecule has 0 radical (unpaired) electrons. The fraction of sp³-hybridized carbons (Fsp3) is 0.136. The van der Waals surface area contributed by atoms with E-state index in [4.69, 9.17) is 9.84 Å². The van der Waals surface area contributed by atoms with Crippen LogP contribution in [0.1, 0.15) is 27.0 Å². The van der Waals surface area contributed by atoms with Crippen LogP contribution in [0.25, 0.3) is 0 Å². The molecule has 4 nitrogen and oxygen atoms in total. The zero-order chi connectivity index (χ0) is 19.1. The van der Waals surface area contributed by atoms with Crippen LogP contribution >= 0.6 is 0 Å². The maximum Gasteiger partial charge on any atom is 0.335 e. The fourth-order valence-corrected chi connectivity index (χ4v) is 2.67. The summed E-state index contributed by atoms with van der Waals surface area (Å²) >= 11 is 0. The zero-order valence-corrected chi connectivity index (χ0v) is 14.7. The van der Waals surface area contributed by atoms with E-state index in [-0.39, 0.29) is 18.0 Å². The van der Waals surface area contributed by atoms with Gasteiger partial charge in [0.25, 0.3) is 0 Å². The quantitative estimate of drug-likeness (QED) is 0.621. The van der Waals surface area contributed by atoms with Gasteiger partial charge >= 0.3 is 5.97 Å².